The van der Waals surface area contributed by atoms with Crippen molar-refractivity contribution in [1.29, 1.82) is 0 Å². The molecule has 2 aromatic rings. The predicted octanol–water partition coefficient (Wildman–Crippen LogP) is 2.02. The third kappa shape index (κ3) is 4.20. The molecule has 0 bridgehead atoms. The average Bonchev–Trinajstić information content (AvgIpc) is 3.54. The molecule has 2 fully saturated rings. The van der Waals surface area contributed by atoms with Crippen LogP contribution < -0.4 is 5.32 Å². The molecule has 4 heterocycles. The van der Waals surface area contributed by atoms with Gasteiger partial charge in [-0.05, 0) is 24.5 Å². The number of aromatic nitrogens is 2. The van der Waals surface area contributed by atoms with Crippen LogP contribution in [0.3, 0.4) is 0 Å². The van der Waals surface area contributed by atoms with Crippen LogP contribution in [0.1, 0.15) is 34.7 Å². The van der Waals surface area contributed by atoms with Gasteiger partial charge >= 0.3 is 12.1 Å². The molecule has 5 rings (SSSR count). The first kappa shape index (κ1) is 21.8. The number of nitrogens with zero attached hydrogens (tertiary/aromatic N) is 3. The van der Waals surface area contributed by atoms with E-state index in [1.807, 2.05) is 0 Å². The fourth-order valence-corrected chi connectivity index (χ4v) is 4.43. The van der Waals surface area contributed by atoms with Gasteiger partial charge in [0.2, 0.25) is 11.7 Å². The summed E-state index contributed by atoms with van der Waals surface area (Å²) in [4.78, 5) is 30.9. The number of carbonyl (C=O) groups excluding carboxylic acids is 2. The van der Waals surface area contributed by atoms with Gasteiger partial charge in [-0.25, -0.2) is 0 Å². The van der Waals surface area contributed by atoms with E-state index in [0.717, 1.165) is 5.56 Å². The van der Waals surface area contributed by atoms with Crippen LogP contribution in [0.15, 0.2) is 22.7 Å². The number of ether oxygens (including phenoxy) is 2. The molecule has 12 heteroatoms. The molecule has 2 amide bonds. The molecule has 33 heavy (non-hydrogen) atoms. The Morgan fingerprint density at radius 3 is 2.67 bits per heavy atom. The summed E-state index contributed by atoms with van der Waals surface area (Å²) in [5, 5.41) is 6.44. The minimum absolute atomic E-state index is 0.0894. The standard InChI is InChI=1S/C21H21F3N4O5/c22-21(23,24)20-26-17(27-33-20)11-1-2-12-8-28(19(30)14(12)7-11)16-10-32-6-4-15(16)25-18(29)13-3-5-31-9-13/h1-2,7,13,15-16H,3-6,8-10H2,(H,25,29)/t13-,15+,16+/m0/s1. The predicted molar refractivity (Wildman–Crippen MR) is 105 cm³/mol. The average molecular weight is 466 g/mol. The Kier molecular flexibility index (Phi) is 5.57. The number of alkyl halides is 3. The molecule has 3 atom stereocenters. The molecule has 0 saturated carbocycles. The van der Waals surface area contributed by atoms with Gasteiger partial charge in [0.15, 0.2) is 0 Å². The van der Waals surface area contributed by atoms with E-state index in [1.165, 1.54) is 6.07 Å². The maximum absolute atomic E-state index is 13.2. The lowest BCUT2D eigenvalue weighted by Gasteiger charge is -2.38. The van der Waals surface area contributed by atoms with Gasteiger partial charge in [-0.2, -0.15) is 18.2 Å². The zero-order chi connectivity index (χ0) is 23.2. The molecule has 0 radical (unpaired) electrons. The molecule has 3 aliphatic rings. The van der Waals surface area contributed by atoms with Crippen LogP contribution in [0.25, 0.3) is 11.4 Å². The van der Waals surface area contributed by atoms with Gasteiger partial charge in [0, 0.05) is 30.9 Å². The van der Waals surface area contributed by atoms with Gasteiger partial charge in [-0.1, -0.05) is 17.3 Å². The second-order valence-electron chi connectivity index (χ2n) is 8.33. The highest BCUT2D eigenvalue weighted by atomic mass is 19.4. The molecule has 1 N–H and O–H groups in total. The molecular weight excluding hydrogens is 445 g/mol. The van der Waals surface area contributed by atoms with Crippen molar-refractivity contribution in [3.8, 4) is 11.4 Å². The molecule has 1 aromatic heterocycles. The van der Waals surface area contributed by atoms with E-state index in [0.29, 0.717) is 44.8 Å². The quantitative estimate of drug-likeness (QED) is 0.735. The first-order chi connectivity index (χ1) is 15.8. The lowest BCUT2D eigenvalue weighted by atomic mass is 10.00. The topological polar surface area (TPSA) is 107 Å². The van der Waals surface area contributed by atoms with E-state index >= 15 is 0 Å². The lowest BCUT2D eigenvalue weighted by Crippen LogP contribution is -2.57. The molecule has 3 aliphatic heterocycles. The highest BCUT2D eigenvalue weighted by Gasteiger charge is 2.41. The van der Waals surface area contributed by atoms with Crippen molar-refractivity contribution in [2.24, 2.45) is 5.92 Å². The van der Waals surface area contributed by atoms with E-state index in [4.69, 9.17) is 9.47 Å². The van der Waals surface area contributed by atoms with E-state index in [-0.39, 0.29) is 47.8 Å². The Labute approximate surface area is 186 Å². The first-order valence-corrected chi connectivity index (χ1v) is 10.6. The largest absolute Gasteiger partial charge is 0.471 e. The van der Waals surface area contributed by atoms with Crippen LogP contribution in [0.2, 0.25) is 0 Å². The summed E-state index contributed by atoms with van der Waals surface area (Å²) >= 11 is 0. The molecule has 0 unspecified atom stereocenters. The van der Waals surface area contributed by atoms with E-state index < -0.39 is 12.1 Å². The van der Waals surface area contributed by atoms with Gasteiger partial charge in [0.25, 0.3) is 5.91 Å². The maximum atomic E-state index is 13.2. The number of benzene rings is 1. The van der Waals surface area contributed by atoms with Gasteiger partial charge in [0.1, 0.15) is 0 Å². The normalized spacial score (nSPS) is 25.4. The number of carbonyl (C=O) groups is 2. The molecule has 2 saturated heterocycles. The van der Waals surface area contributed by atoms with Crippen LogP contribution in [-0.4, -0.2) is 65.4 Å². The Morgan fingerprint density at radius 1 is 1.15 bits per heavy atom. The van der Waals surface area contributed by atoms with Crippen molar-refractivity contribution in [3.63, 3.8) is 0 Å². The van der Waals surface area contributed by atoms with E-state index in [9.17, 15) is 22.8 Å². The van der Waals surface area contributed by atoms with Gasteiger partial charge in [-0.15, -0.1) is 0 Å². The van der Waals surface area contributed by atoms with Crippen molar-refractivity contribution in [2.75, 3.05) is 26.4 Å². The second kappa shape index (κ2) is 8.41. The fourth-order valence-electron chi connectivity index (χ4n) is 4.43. The summed E-state index contributed by atoms with van der Waals surface area (Å²) in [6.45, 7) is 2.01. The van der Waals surface area contributed by atoms with Gasteiger partial charge in [-0.3, -0.25) is 9.59 Å². The molecule has 0 spiro atoms. The third-order valence-electron chi connectivity index (χ3n) is 6.22. The zero-order valence-corrected chi connectivity index (χ0v) is 17.4. The highest BCUT2D eigenvalue weighted by molar-refractivity contribution is 5.99. The summed E-state index contributed by atoms with van der Waals surface area (Å²) in [6, 6.07) is 4.05. The van der Waals surface area contributed by atoms with Crippen LogP contribution in [0.5, 0.6) is 0 Å². The number of halogens is 3. The Hall–Kier alpha value is -2.99. The Balaban J connectivity index is 1.34. The monoisotopic (exact) mass is 466 g/mol. The lowest BCUT2D eigenvalue weighted by molar-refractivity contribution is -0.159. The molecular formula is C21H21F3N4O5. The summed E-state index contributed by atoms with van der Waals surface area (Å²) < 4.78 is 53.5. The van der Waals surface area contributed by atoms with Crippen molar-refractivity contribution in [2.45, 2.75) is 37.6 Å². The number of fused-ring (bicyclic) bond motifs is 1. The van der Waals surface area contributed by atoms with Crippen molar-refractivity contribution in [3.05, 3.63) is 35.2 Å². The van der Waals surface area contributed by atoms with Crippen LogP contribution in [0.4, 0.5) is 13.2 Å². The van der Waals surface area contributed by atoms with Gasteiger partial charge < -0.3 is 24.2 Å². The summed E-state index contributed by atoms with van der Waals surface area (Å²) in [7, 11) is 0. The zero-order valence-electron chi connectivity index (χ0n) is 17.4. The SMILES string of the molecule is O=C(N[C@@H]1CCOC[C@H]1N1Cc2ccc(-c3noc(C(F)(F)F)n3)cc2C1=O)[C@H]1CCOC1. The summed E-state index contributed by atoms with van der Waals surface area (Å²) in [5.74, 6) is -2.27. The first-order valence-electron chi connectivity index (χ1n) is 10.6. The number of nitrogens with one attached hydrogen (secondary N) is 1. The number of hydrogen-bond acceptors (Lipinski definition) is 7. The second-order valence-corrected chi connectivity index (χ2v) is 8.33. The minimum Gasteiger partial charge on any atom is -0.381 e. The summed E-state index contributed by atoms with van der Waals surface area (Å²) in [6.07, 6.45) is -3.51. The van der Waals surface area contributed by atoms with Crippen LogP contribution in [-0.2, 0) is 27.0 Å². The van der Waals surface area contributed by atoms with E-state index in [2.05, 4.69) is 20.0 Å². The summed E-state index contributed by atoms with van der Waals surface area (Å²) in [5.41, 5.74) is 1.32. The van der Waals surface area contributed by atoms with Crippen molar-refractivity contribution in [1.82, 2.24) is 20.4 Å². The number of hydrogen-bond donors (Lipinski definition) is 1. The number of rotatable bonds is 4. The van der Waals surface area contributed by atoms with E-state index in [1.54, 1.807) is 17.0 Å². The third-order valence-corrected chi connectivity index (χ3v) is 6.22. The smallest absolute Gasteiger partial charge is 0.381 e. The fraction of sp³-hybridized carbons (Fsp3) is 0.524. The molecule has 9 nitrogen and oxygen atoms in total. The van der Waals surface area contributed by atoms with Gasteiger partial charge in [0.05, 0.1) is 31.2 Å². The van der Waals surface area contributed by atoms with Crippen LogP contribution >= 0.6 is 0 Å². The molecule has 1 aromatic carbocycles. The Morgan fingerprint density at radius 2 is 1.94 bits per heavy atom. The highest BCUT2D eigenvalue weighted by Crippen LogP contribution is 2.33. The molecule has 0 aliphatic carbocycles. The van der Waals surface area contributed by atoms with Crippen molar-refractivity contribution >= 4 is 11.8 Å². The van der Waals surface area contributed by atoms with Crippen LogP contribution in [0, 0.1) is 5.92 Å². The molecule has 176 valence electrons. The van der Waals surface area contributed by atoms with Crippen molar-refractivity contribution < 1.29 is 36.8 Å². The Bertz CT molecular complexity index is 1070. The minimum atomic E-state index is -4.75. The number of amides is 2. The maximum Gasteiger partial charge on any atom is 0.471 e.